The summed E-state index contributed by atoms with van der Waals surface area (Å²) in [6.45, 7) is 6.01. The molecule has 1 heterocycles. The molecule has 4 nitrogen and oxygen atoms in total. The van der Waals surface area contributed by atoms with Crippen molar-refractivity contribution in [3.05, 3.63) is 41.0 Å². The van der Waals surface area contributed by atoms with E-state index in [4.69, 9.17) is 0 Å². The number of carbonyl (C=O) groups is 2. The second-order valence-electron chi connectivity index (χ2n) is 6.91. The fraction of sp³-hybridized carbons (Fsp3) is 0.474. The molecule has 0 spiro atoms. The summed E-state index contributed by atoms with van der Waals surface area (Å²) < 4.78 is 0. The Morgan fingerprint density at radius 2 is 1.65 bits per heavy atom. The number of anilines is 1. The molecular formula is C19H23NO3. The van der Waals surface area contributed by atoms with E-state index in [2.05, 4.69) is 0 Å². The number of fused-ring (bicyclic) bond motifs is 1. The first-order valence-corrected chi connectivity index (χ1v) is 8.19. The van der Waals surface area contributed by atoms with Crippen molar-refractivity contribution in [2.45, 2.75) is 46.1 Å². The summed E-state index contributed by atoms with van der Waals surface area (Å²) in [5, 5.41) is 9.57. The topological polar surface area (TPSA) is 57.6 Å². The van der Waals surface area contributed by atoms with Crippen molar-refractivity contribution < 1.29 is 14.7 Å². The third kappa shape index (κ3) is 2.67. The Morgan fingerprint density at radius 3 is 2.30 bits per heavy atom. The summed E-state index contributed by atoms with van der Waals surface area (Å²) in [6.07, 6.45) is 1.86. The monoisotopic (exact) mass is 313 g/mol. The standard InChI is InChI=1S/C19H23NO3/c1-11-8-15(16(19(22)23)9-12(11)2)18(21)20-13(3)10-14-6-4-5-7-17(14)20/h4-7,13,15-16H,8-10H2,1-3H3,(H,22,23). The molecule has 3 atom stereocenters. The lowest BCUT2D eigenvalue weighted by Crippen LogP contribution is -2.45. The number of benzene rings is 1. The van der Waals surface area contributed by atoms with E-state index in [0.717, 1.165) is 23.3 Å². The molecule has 0 fully saturated rings. The van der Waals surface area contributed by atoms with Gasteiger partial charge in [0.05, 0.1) is 11.8 Å². The number of nitrogens with zero attached hydrogens (tertiary/aromatic N) is 1. The second kappa shape index (κ2) is 5.84. The molecule has 3 unspecified atom stereocenters. The van der Waals surface area contributed by atoms with E-state index in [0.29, 0.717) is 12.8 Å². The van der Waals surface area contributed by atoms with Crippen molar-refractivity contribution >= 4 is 17.6 Å². The minimum Gasteiger partial charge on any atom is -0.481 e. The lowest BCUT2D eigenvalue weighted by molar-refractivity contribution is -0.147. The van der Waals surface area contributed by atoms with Crippen molar-refractivity contribution in [3.8, 4) is 0 Å². The third-order valence-electron chi connectivity index (χ3n) is 5.35. The van der Waals surface area contributed by atoms with Crippen molar-refractivity contribution in [3.63, 3.8) is 0 Å². The Kier molecular flexibility index (Phi) is 4.00. The Hall–Kier alpha value is -2.10. The summed E-state index contributed by atoms with van der Waals surface area (Å²) in [5.41, 5.74) is 4.37. The Labute approximate surface area is 136 Å². The lowest BCUT2D eigenvalue weighted by Gasteiger charge is -2.34. The summed E-state index contributed by atoms with van der Waals surface area (Å²) in [4.78, 5) is 26.7. The van der Waals surface area contributed by atoms with E-state index in [1.165, 1.54) is 5.56 Å². The second-order valence-corrected chi connectivity index (χ2v) is 6.91. The molecule has 1 amide bonds. The van der Waals surface area contributed by atoms with E-state index in [1.54, 1.807) is 0 Å². The maximum Gasteiger partial charge on any atom is 0.307 e. The molecule has 4 heteroatoms. The van der Waals surface area contributed by atoms with E-state index in [1.807, 2.05) is 49.9 Å². The number of carboxylic acid groups (broad SMARTS) is 1. The molecule has 2 aliphatic rings. The van der Waals surface area contributed by atoms with Gasteiger partial charge < -0.3 is 10.0 Å². The van der Waals surface area contributed by atoms with Crippen LogP contribution >= 0.6 is 0 Å². The van der Waals surface area contributed by atoms with Crippen LogP contribution < -0.4 is 4.90 Å². The van der Waals surface area contributed by atoms with Gasteiger partial charge in [-0.15, -0.1) is 0 Å². The fourth-order valence-corrected chi connectivity index (χ4v) is 3.89. The normalized spacial score (nSPS) is 27.1. The third-order valence-corrected chi connectivity index (χ3v) is 5.35. The largest absolute Gasteiger partial charge is 0.481 e. The van der Waals surface area contributed by atoms with Crippen LogP contribution in [-0.4, -0.2) is 23.0 Å². The molecule has 0 bridgehead atoms. The van der Waals surface area contributed by atoms with E-state index >= 15 is 0 Å². The highest BCUT2D eigenvalue weighted by molar-refractivity contribution is 5.99. The Bertz CT molecular complexity index is 692. The lowest BCUT2D eigenvalue weighted by atomic mass is 9.75. The van der Waals surface area contributed by atoms with Gasteiger partial charge in [0, 0.05) is 11.7 Å². The van der Waals surface area contributed by atoms with Gasteiger partial charge in [-0.2, -0.15) is 0 Å². The predicted octanol–water partition coefficient (Wildman–Crippen LogP) is 3.41. The van der Waals surface area contributed by atoms with Crippen LogP contribution in [0.4, 0.5) is 5.69 Å². The van der Waals surface area contributed by atoms with Crippen LogP contribution in [0.25, 0.3) is 0 Å². The molecule has 1 aromatic rings. The minimum atomic E-state index is -0.865. The molecule has 0 aromatic heterocycles. The average Bonchev–Trinajstić information content (AvgIpc) is 2.84. The number of hydrogen-bond donors (Lipinski definition) is 1. The zero-order valence-corrected chi connectivity index (χ0v) is 13.9. The zero-order chi connectivity index (χ0) is 16.7. The van der Waals surface area contributed by atoms with Gasteiger partial charge in [0.1, 0.15) is 0 Å². The van der Waals surface area contributed by atoms with E-state index in [-0.39, 0.29) is 11.9 Å². The van der Waals surface area contributed by atoms with Gasteiger partial charge in [-0.05, 0) is 51.7 Å². The fourth-order valence-electron chi connectivity index (χ4n) is 3.89. The van der Waals surface area contributed by atoms with Gasteiger partial charge in [-0.1, -0.05) is 29.3 Å². The van der Waals surface area contributed by atoms with Gasteiger partial charge in [0.25, 0.3) is 0 Å². The van der Waals surface area contributed by atoms with Crippen LogP contribution in [-0.2, 0) is 16.0 Å². The summed E-state index contributed by atoms with van der Waals surface area (Å²) in [5.74, 6) is -1.99. The number of carbonyl (C=O) groups excluding carboxylic acids is 1. The van der Waals surface area contributed by atoms with Crippen LogP contribution in [0.3, 0.4) is 0 Å². The van der Waals surface area contributed by atoms with Gasteiger partial charge >= 0.3 is 5.97 Å². The number of carboxylic acids is 1. The SMILES string of the molecule is CC1=C(C)CC(C(=O)N2c3ccccc3CC2C)C(C(=O)O)C1. The smallest absolute Gasteiger partial charge is 0.307 e. The number of allylic oxidation sites excluding steroid dienone is 2. The summed E-state index contributed by atoms with van der Waals surface area (Å²) >= 11 is 0. The predicted molar refractivity (Wildman–Crippen MR) is 89.3 cm³/mol. The number of rotatable bonds is 2. The van der Waals surface area contributed by atoms with Crippen molar-refractivity contribution in [2.24, 2.45) is 11.8 Å². The first-order chi connectivity index (χ1) is 10.9. The highest BCUT2D eigenvalue weighted by Crippen LogP contribution is 2.39. The van der Waals surface area contributed by atoms with Gasteiger partial charge in [-0.3, -0.25) is 9.59 Å². The molecule has 1 aliphatic carbocycles. The van der Waals surface area contributed by atoms with Crippen molar-refractivity contribution in [1.29, 1.82) is 0 Å². The highest BCUT2D eigenvalue weighted by Gasteiger charge is 2.42. The molecule has 0 saturated heterocycles. The average molecular weight is 313 g/mol. The zero-order valence-electron chi connectivity index (χ0n) is 13.9. The van der Waals surface area contributed by atoms with Crippen LogP contribution in [0.15, 0.2) is 35.4 Å². The highest BCUT2D eigenvalue weighted by atomic mass is 16.4. The van der Waals surface area contributed by atoms with Crippen LogP contribution in [0.5, 0.6) is 0 Å². The van der Waals surface area contributed by atoms with Crippen molar-refractivity contribution in [1.82, 2.24) is 0 Å². The molecule has 122 valence electrons. The van der Waals surface area contributed by atoms with Crippen LogP contribution in [0, 0.1) is 11.8 Å². The number of aliphatic carboxylic acids is 1. The van der Waals surface area contributed by atoms with Gasteiger partial charge in [-0.25, -0.2) is 0 Å². The summed E-state index contributed by atoms with van der Waals surface area (Å²) in [7, 11) is 0. The minimum absolute atomic E-state index is 0.0401. The molecule has 0 radical (unpaired) electrons. The first kappa shape index (κ1) is 15.8. The Balaban J connectivity index is 1.94. The molecule has 3 rings (SSSR count). The van der Waals surface area contributed by atoms with Gasteiger partial charge in [0.15, 0.2) is 0 Å². The number of hydrogen-bond acceptors (Lipinski definition) is 2. The van der Waals surface area contributed by atoms with Crippen LogP contribution in [0.1, 0.15) is 39.2 Å². The first-order valence-electron chi connectivity index (χ1n) is 8.19. The number of para-hydroxylation sites is 1. The summed E-state index contributed by atoms with van der Waals surface area (Å²) in [6, 6.07) is 8.01. The Morgan fingerprint density at radius 1 is 1.04 bits per heavy atom. The molecule has 0 saturated carbocycles. The van der Waals surface area contributed by atoms with E-state index < -0.39 is 17.8 Å². The molecule has 23 heavy (non-hydrogen) atoms. The molecular weight excluding hydrogens is 290 g/mol. The number of amides is 1. The molecule has 1 N–H and O–H groups in total. The van der Waals surface area contributed by atoms with Crippen LogP contribution in [0.2, 0.25) is 0 Å². The molecule has 1 aromatic carbocycles. The maximum absolute atomic E-state index is 13.2. The van der Waals surface area contributed by atoms with Gasteiger partial charge in [0.2, 0.25) is 5.91 Å². The maximum atomic E-state index is 13.2. The van der Waals surface area contributed by atoms with Crippen molar-refractivity contribution in [2.75, 3.05) is 4.90 Å². The van der Waals surface area contributed by atoms with E-state index in [9.17, 15) is 14.7 Å². The quantitative estimate of drug-likeness (QED) is 0.851. The molecule has 1 aliphatic heterocycles.